The summed E-state index contributed by atoms with van der Waals surface area (Å²) in [5.41, 5.74) is 0. The van der Waals surface area contributed by atoms with Gasteiger partial charge in [0.15, 0.2) is 0 Å². The summed E-state index contributed by atoms with van der Waals surface area (Å²) in [4.78, 5) is 10.4. The average molecular weight is 226 g/mol. The minimum atomic E-state index is -3.88. The molecule has 0 aliphatic rings. The second kappa shape index (κ2) is 5.25. The minimum absolute atomic E-state index is 0.347. The van der Waals surface area contributed by atoms with E-state index in [1.54, 1.807) is 18.6 Å². The number of aliphatic hydroxyl groups is 1. The summed E-state index contributed by atoms with van der Waals surface area (Å²) in [5, 5.41) is 17.0. The number of carbonyl (C=O) groups is 1. The van der Waals surface area contributed by atoms with Gasteiger partial charge in [0.25, 0.3) is 10.2 Å². The Balaban J connectivity index is 4.41. The lowest BCUT2D eigenvalue weighted by Crippen LogP contribution is -2.49. The maximum absolute atomic E-state index is 11.1. The lowest BCUT2D eigenvalue weighted by Gasteiger charge is -2.14. The highest BCUT2D eigenvalue weighted by molar-refractivity contribution is 7.87. The number of rotatable bonds is 6. The molecule has 0 aliphatic carbocycles. The first kappa shape index (κ1) is 13.3. The normalized spacial score (nSPS) is 14.3. The zero-order chi connectivity index (χ0) is 11.4. The van der Waals surface area contributed by atoms with Crippen molar-refractivity contribution < 1.29 is 23.4 Å². The SMILES string of the molecule is CC(C)NS(=O)(=O)N[C@H](CO)C(=O)O. The number of aliphatic hydroxyl groups excluding tert-OH is 1. The molecule has 0 aromatic carbocycles. The van der Waals surface area contributed by atoms with E-state index in [1.165, 1.54) is 0 Å². The third kappa shape index (κ3) is 5.12. The molecular formula is C6H14N2O5S. The van der Waals surface area contributed by atoms with Crippen LogP contribution in [0, 0.1) is 0 Å². The van der Waals surface area contributed by atoms with E-state index >= 15 is 0 Å². The molecule has 0 saturated carbocycles. The Morgan fingerprint density at radius 3 is 2.14 bits per heavy atom. The molecule has 8 heteroatoms. The zero-order valence-corrected chi connectivity index (χ0v) is 8.71. The van der Waals surface area contributed by atoms with Crippen LogP contribution in [0.5, 0.6) is 0 Å². The predicted molar refractivity (Wildman–Crippen MR) is 48.8 cm³/mol. The third-order valence-corrected chi connectivity index (χ3v) is 2.55. The lowest BCUT2D eigenvalue weighted by atomic mass is 10.3. The molecule has 0 radical (unpaired) electrons. The first-order valence-corrected chi connectivity index (χ1v) is 5.40. The molecule has 0 fully saturated rings. The predicted octanol–water partition coefficient (Wildman–Crippen LogP) is -1.74. The van der Waals surface area contributed by atoms with Gasteiger partial charge in [-0.3, -0.25) is 4.79 Å². The van der Waals surface area contributed by atoms with Gasteiger partial charge >= 0.3 is 5.97 Å². The smallest absolute Gasteiger partial charge is 0.324 e. The Labute approximate surface area is 82.3 Å². The van der Waals surface area contributed by atoms with Crippen molar-refractivity contribution in [3.8, 4) is 0 Å². The number of hydrogen-bond acceptors (Lipinski definition) is 4. The van der Waals surface area contributed by atoms with E-state index < -0.39 is 28.8 Å². The van der Waals surface area contributed by atoms with Crippen molar-refractivity contribution in [3.63, 3.8) is 0 Å². The number of aliphatic carboxylic acids is 1. The molecule has 0 unspecified atom stereocenters. The molecule has 0 aliphatic heterocycles. The summed E-state index contributed by atoms with van der Waals surface area (Å²) in [6.45, 7) is 2.39. The fourth-order valence-electron chi connectivity index (χ4n) is 0.697. The van der Waals surface area contributed by atoms with Crippen LogP contribution in [0.3, 0.4) is 0 Å². The van der Waals surface area contributed by atoms with Crippen LogP contribution in [-0.2, 0) is 15.0 Å². The summed E-state index contributed by atoms with van der Waals surface area (Å²) in [6, 6.07) is -1.87. The maximum atomic E-state index is 11.1. The van der Waals surface area contributed by atoms with Crippen LogP contribution in [0.25, 0.3) is 0 Å². The third-order valence-electron chi connectivity index (χ3n) is 1.17. The van der Waals surface area contributed by atoms with Gasteiger partial charge in [-0.05, 0) is 13.8 Å². The highest BCUT2D eigenvalue weighted by atomic mass is 32.2. The van der Waals surface area contributed by atoms with Crippen LogP contribution in [-0.4, -0.2) is 43.3 Å². The Bertz CT molecular complexity index is 287. The van der Waals surface area contributed by atoms with Gasteiger partial charge in [-0.2, -0.15) is 17.9 Å². The van der Waals surface area contributed by atoms with Crippen LogP contribution in [0.2, 0.25) is 0 Å². The molecular weight excluding hydrogens is 212 g/mol. The summed E-state index contributed by atoms with van der Waals surface area (Å²) in [6.07, 6.45) is 0. The number of carboxylic acid groups (broad SMARTS) is 1. The van der Waals surface area contributed by atoms with Crippen LogP contribution in [0.4, 0.5) is 0 Å². The van der Waals surface area contributed by atoms with E-state index in [0.29, 0.717) is 0 Å². The highest BCUT2D eigenvalue weighted by Gasteiger charge is 2.23. The molecule has 0 aromatic heterocycles. The molecule has 4 N–H and O–H groups in total. The molecule has 0 saturated heterocycles. The fourth-order valence-corrected chi connectivity index (χ4v) is 1.94. The van der Waals surface area contributed by atoms with Crippen molar-refractivity contribution in [1.82, 2.24) is 9.44 Å². The summed E-state index contributed by atoms with van der Waals surface area (Å²) < 4.78 is 26.1. The van der Waals surface area contributed by atoms with Crippen LogP contribution < -0.4 is 9.44 Å². The Kier molecular flexibility index (Phi) is 4.99. The van der Waals surface area contributed by atoms with Crippen molar-refractivity contribution in [2.75, 3.05) is 6.61 Å². The van der Waals surface area contributed by atoms with Gasteiger partial charge in [-0.1, -0.05) is 0 Å². The molecule has 0 rings (SSSR count). The molecule has 0 amide bonds. The van der Waals surface area contributed by atoms with Gasteiger partial charge in [-0.25, -0.2) is 0 Å². The minimum Gasteiger partial charge on any atom is -0.480 e. The second-order valence-electron chi connectivity index (χ2n) is 2.97. The first-order valence-electron chi connectivity index (χ1n) is 3.91. The standard InChI is InChI=1S/C6H14N2O5S/c1-4(2)7-14(12,13)8-5(3-9)6(10)11/h4-5,7-9H,3H2,1-2H3,(H,10,11)/t5-/m1/s1. The van der Waals surface area contributed by atoms with Gasteiger partial charge < -0.3 is 10.2 Å². The van der Waals surface area contributed by atoms with E-state index in [0.717, 1.165) is 0 Å². The monoisotopic (exact) mass is 226 g/mol. The molecule has 1 atom stereocenters. The van der Waals surface area contributed by atoms with Gasteiger partial charge in [0.05, 0.1) is 6.61 Å². The van der Waals surface area contributed by atoms with Crippen LogP contribution in [0.15, 0.2) is 0 Å². The van der Waals surface area contributed by atoms with Crippen molar-refractivity contribution >= 4 is 16.2 Å². The van der Waals surface area contributed by atoms with E-state index in [9.17, 15) is 13.2 Å². The molecule has 84 valence electrons. The Hall–Kier alpha value is -0.700. The van der Waals surface area contributed by atoms with Crippen molar-refractivity contribution in [2.45, 2.75) is 25.9 Å². The molecule has 14 heavy (non-hydrogen) atoms. The van der Waals surface area contributed by atoms with Crippen molar-refractivity contribution in [2.24, 2.45) is 0 Å². The lowest BCUT2D eigenvalue weighted by molar-refractivity contribution is -0.139. The largest absolute Gasteiger partial charge is 0.480 e. The molecule has 0 heterocycles. The van der Waals surface area contributed by atoms with E-state index in [1.807, 2.05) is 0 Å². The van der Waals surface area contributed by atoms with Gasteiger partial charge in [0, 0.05) is 6.04 Å². The maximum Gasteiger partial charge on any atom is 0.324 e. The highest BCUT2D eigenvalue weighted by Crippen LogP contribution is 1.89. The molecule has 7 nitrogen and oxygen atoms in total. The van der Waals surface area contributed by atoms with Crippen molar-refractivity contribution in [3.05, 3.63) is 0 Å². The van der Waals surface area contributed by atoms with Gasteiger partial charge in [0.1, 0.15) is 6.04 Å². The van der Waals surface area contributed by atoms with E-state index in [2.05, 4.69) is 4.72 Å². The number of carboxylic acids is 1. The Morgan fingerprint density at radius 1 is 1.36 bits per heavy atom. The second-order valence-corrected chi connectivity index (χ2v) is 4.45. The quantitative estimate of drug-likeness (QED) is 0.429. The zero-order valence-electron chi connectivity index (χ0n) is 7.89. The van der Waals surface area contributed by atoms with Gasteiger partial charge in [-0.15, -0.1) is 0 Å². The Morgan fingerprint density at radius 2 is 1.86 bits per heavy atom. The number of nitrogens with one attached hydrogen (secondary N) is 2. The average Bonchev–Trinajstić information content (AvgIpc) is 1.97. The van der Waals surface area contributed by atoms with Crippen LogP contribution >= 0.6 is 0 Å². The topological polar surface area (TPSA) is 116 Å². The summed E-state index contributed by atoms with van der Waals surface area (Å²) in [7, 11) is -3.88. The van der Waals surface area contributed by atoms with Crippen LogP contribution in [0.1, 0.15) is 13.8 Å². The summed E-state index contributed by atoms with van der Waals surface area (Å²) >= 11 is 0. The molecule has 0 spiro atoms. The van der Waals surface area contributed by atoms with Gasteiger partial charge in [0.2, 0.25) is 0 Å². The first-order chi connectivity index (χ1) is 6.28. The fraction of sp³-hybridized carbons (Fsp3) is 0.833. The molecule has 0 aromatic rings. The summed E-state index contributed by atoms with van der Waals surface area (Å²) in [5.74, 6) is -1.43. The van der Waals surface area contributed by atoms with E-state index in [-0.39, 0.29) is 6.04 Å². The molecule has 0 bridgehead atoms. The van der Waals surface area contributed by atoms with E-state index in [4.69, 9.17) is 10.2 Å². The number of hydrogen-bond donors (Lipinski definition) is 4. The van der Waals surface area contributed by atoms with Crippen molar-refractivity contribution in [1.29, 1.82) is 0 Å².